The van der Waals surface area contributed by atoms with Gasteiger partial charge in [-0.1, -0.05) is 66.7 Å². The Labute approximate surface area is 193 Å². The van der Waals surface area contributed by atoms with Gasteiger partial charge >= 0.3 is 0 Å². The van der Waals surface area contributed by atoms with Crippen LogP contribution in [0.2, 0.25) is 0 Å². The van der Waals surface area contributed by atoms with Crippen LogP contribution in [0.1, 0.15) is 27.0 Å². The number of carbonyl (C=O) groups is 2. The van der Waals surface area contributed by atoms with Gasteiger partial charge in [0.05, 0.1) is 11.6 Å². The lowest BCUT2D eigenvalue weighted by molar-refractivity contribution is -0.139. The van der Waals surface area contributed by atoms with Crippen LogP contribution in [0, 0.1) is 6.92 Å². The van der Waals surface area contributed by atoms with Gasteiger partial charge in [-0.2, -0.15) is 0 Å². The van der Waals surface area contributed by atoms with Crippen molar-refractivity contribution < 1.29 is 9.59 Å². The average molecular weight is 438 g/mol. The van der Waals surface area contributed by atoms with E-state index in [1.165, 1.54) is 0 Å². The molecule has 5 heteroatoms. The quantitative estimate of drug-likeness (QED) is 0.466. The molecule has 2 amide bonds. The van der Waals surface area contributed by atoms with E-state index in [1.807, 2.05) is 95.3 Å². The number of hydrogen-bond donors (Lipinski definition) is 0. The molecule has 0 aliphatic carbocycles. The van der Waals surface area contributed by atoms with Gasteiger partial charge in [0.15, 0.2) is 0 Å². The molecule has 3 heterocycles. The highest BCUT2D eigenvalue weighted by molar-refractivity contribution is 5.98. The van der Waals surface area contributed by atoms with E-state index >= 15 is 0 Å². The van der Waals surface area contributed by atoms with Gasteiger partial charge in [-0.15, -0.1) is 0 Å². The van der Waals surface area contributed by atoms with E-state index in [-0.39, 0.29) is 24.4 Å². The summed E-state index contributed by atoms with van der Waals surface area (Å²) in [4.78, 5) is 30.3. The molecule has 4 aromatic rings. The van der Waals surface area contributed by atoms with Crippen molar-refractivity contribution in [3.8, 4) is 0 Å². The lowest BCUT2D eigenvalue weighted by Crippen LogP contribution is -2.58. The Morgan fingerprint density at radius 2 is 1.61 bits per heavy atom. The van der Waals surface area contributed by atoms with Crippen LogP contribution in [0.15, 0.2) is 91.3 Å². The number of amides is 2. The van der Waals surface area contributed by atoms with Crippen LogP contribution >= 0.6 is 0 Å². The van der Waals surface area contributed by atoms with Gasteiger partial charge in [-0.3, -0.25) is 9.59 Å². The molecule has 2 aromatic carbocycles. The fourth-order valence-electron chi connectivity index (χ4n) is 4.61. The second kappa shape index (κ2) is 8.94. The minimum absolute atomic E-state index is 0.0148. The third-order valence-corrected chi connectivity index (χ3v) is 6.30. The normalized spacial score (nSPS) is 16.4. The highest BCUT2D eigenvalue weighted by Crippen LogP contribution is 2.22. The molecule has 33 heavy (non-hydrogen) atoms. The van der Waals surface area contributed by atoms with E-state index in [1.54, 1.807) is 4.90 Å². The maximum atomic E-state index is 13.4. The number of aryl methyl sites for hydroxylation is 1. The van der Waals surface area contributed by atoms with Crippen molar-refractivity contribution >= 4 is 17.3 Å². The van der Waals surface area contributed by atoms with Gasteiger partial charge in [0.2, 0.25) is 5.91 Å². The Hall–Kier alpha value is -3.86. The molecule has 2 aromatic heterocycles. The van der Waals surface area contributed by atoms with E-state index in [0.717, 1.165) is 22.2 Å². The van der Waals surface area contributed by atoms with Gasteiger partial charge in [0.25, 0.3) is 5.91 Å². The summed E-state index contributed by atoms with van der Waals surface area (Å²) in [5.74, 6) is -0.110. The lowest BCUT2D eigenvalue weighted by Gasteiger charge is -2.41. The zero-order valence-electron chi connectivity index (χ0n) is 18.7. The molecular formula is C28H27N3O2. The summed E-state index contributed by atoms with van der Waals surface area (Å²) in [5.41, 5.74) is 4.97. The van der Waals surface area contributed by atoms with Crippen molar-refractivity contribution in [3.63, 3.8) is 0 Å². The average Bonchev–Trinajstić information content (AvgIpc) is 3.25. The largest absolute Gasteiger partial charge is 0.332 e. The van der Waals surface area contributed by atoms with Crippen LogP contribution in [0.25, 0.3) is 5.52 Å². The lowest BCUT2D eigenvalue weighted by atomic mass is 10.0. The summed E-state index contributed by atoms with van der Waals surface area (Å²) < 4.78 is 1.97. The molecule has 1 aliphatic heterocycles. The predicted molar refractivity (Wildman–Crippen MR) is 129 cm³/mol. The van der Waals surface area contributed by atoms with Crippen molar-refractivity contribution in [1.29, 1.82) is 0 Å². The van der Waals surface area contributed by atoms with Gasteiger partial charge in [-0.25, -0.2) is 0 Å². The van der Waals surface area contributed by atoms with Gasteiger partial charge in [-0.05, 0) is 42.2 Å². The smallest absolute Gasteiger partial charge is 0.255 e. The van der Waals surface area contributed by atoms with Crippen molar-refractivity contribution in [1.82, 2.24) is 14.2 Å². The van der Waals surface area contributed by atoms with Gasteiger partial charge < -0.3 is 14.2 Å². The van der Waals surface area contributed by atoms with E-state index in [0.29, 0.717) is 25.1 Å². The zero-order valence-corrected chi connectivity index (χ0v) is 18.7. The number of piperazine rings is 1. The van der Waals surface area contributed by atoms with Gasteiger partial charge in [0, 0.05) is 31.0 Å². The molecule has 5 rings (SSSR count). The molecule has 1 atom stereocenters. The van der Waals surface area contributed by atoms with Crippen molar-refractivity contribution in [3.05, 3.63) is 114 Å². The minimum atomic E-state index is -0.0953. The van der Waals surface area contributed by atoms with E-state index in [4.69, 9.17) is 0 Å². The number of nitrogens with zero attached hydrogens (tertiary/aromatic N) is 3. The summed E-state index contributed by atoms with van der Waals surface area (Å²) in [7, 11) is 0. The highest BCUT2D eigenvalue weighted by atomic mass is 16.2. The molecule has 0 saturated carbocycles. The maximum Gasteiger partial charge on any atom is 0.255 e. The molecule has 5 nitrogen and oxygen atoms in total. The van der Waals surface area contributed by atoms with Crippen LogP contribution in [0.3, 0.4) is 0 Å². The highest BCUT2D eigenvalue weighted by Gasteiger charge is 2.35. The number of benzene rings is 2. The number of aromatic nitrogens is 1. The first-order valence-electron chi connectivity index (χ1n) is 11.3. The van der Waals surface area contributed by atoms with Crippen LogP contribution in [0.4, 0.5) is 0 Å². The number of carbonyl (C=O) groups excluding carboxylic acids is 2. The Kier molecular flexibility index (Phi) is 5.69. The van der Waals surface area contributed by atoms with Crippen molar-refractivity contribution in [2.75, 3.05) is 13.1 Å². The zero-order chi connectivity index (χ0) is 22.8. The number of fused-ring (bicyclic) bond motifs is 1. The third kappa shape index (κ3) is 4.53. The van der Waals surface area contributed by atoms with Crippen LogP contribution in [-0.2, 0) is 17.8 Å². The van der Waals surface area contributed by atoms with Crippen molar-refractivity contribution in [2.45, 2.75) is 25.9 Å². The Morgan fingerprint density at radius 1 is 0.909 bits per heavy atom. The molecule has 0 N–H and O–H groups in total. The third-order valence-electron chi connectivity index (χ3n) is 6.30. The number of rotatable bonds is 5. The fraction of sp³-hybridized carbons (Fsp3) is 0.214. The van der Waals surface area contributed by atoms with E-state index in [9.17, 15) is 9.59 Å². The summed E-state index contributed by atoms with van der Waals surface area (Å²) in [6, 6.07) is 26.1. The SMILES string of the molecule is Cc1ccc2cc(C(=O)N3CC(=O)N(Cc4ccccc4)[C@@H](Cc4ccccc4)C3)cn2c1. The molecule has 0 radical (unpaired) electrons. The Morgan fingerprint density at radius 3 is 2.33 bits per heavy atom. The maximum absolute atomic E-state index is 13.4. The summed E-state index contributed by atoms with van der Waals surface area (Å²) in [5, 5.41) is 0. The van der Waals surface area contributed by atoms with Gasteiger partial charge in [0.1, 0.15) is 6.54 Å². The fourth-order valence-corrected chi connectivity index (χ4v) is 4.61. The molecule has 0 unspecified atom stereocenters. The van der Waals surface area contributed by atoms with Crippen LogP contribution in [-0.4, -0.2) is 45.1 Å². The summed E-state index contributed by atoms with van der Waals surface area (Å²) in [6.07, 6.45) is 4.57. The molecular weight excluding hydrogens is 410 g/mol. The molecule has 166 valence electrons. The summed E-state index contributed by atoms with van der Waals surface area (Å²) >= 11 is 0. The first kappa shape index (κ1) is 21.0. The van der Waals surface area contributed by atoms with E-state index in [2.05, 4.69) is 12.1 Å². The number of hydrogen-bond acceptors (Lipinski definition) is 2. The van der Waals surface area contributed by atoms with Crippen LogP contribution < -0.4 is 0 Å². The van der Waals surface area contributed by atoms with Crippen LogP contribution in [0.5, 0.6) is 0 Å². The van der Waals surface area contributed by atoms with Crippen molar-refractivity contribution in [2.24, 2.45) is 0 Å². The first-order chi connectivity index (χ1) is 16.1. The second-order valence-corrected chi connectivity index (χ2v) is 8.80. The van der Waals surface area contributed by atoms with E-state index < -0.39 is 0 Å². The molecule has 1 fully saturated rings. The molecule has 1 saturated heterocycles. The molecule has 0 spiro atoms. The first-order valence-corrected chi connectivity index (χ1v) is 11.3. The second-order valence-electron chi connectivity index (χ2n) is 8.80. The Bertz CT molecular complexity index is 1280. The minimum Gasteiger partial charge on any atom is -0.332 e. The molecule has 0 bridgehead atoms. The topological polar surface area (TPSA) is 45.0 Å². The monoisotopic (exact) mass is 437 g/mol. The standard InChI is InChI=1S/C28H27N3O2/c1-21-12-13-25-15-24(18-29(25)16-21)28(33)30-19-26(14-22-8-4-2-5-9-22)31(27(32)20-30)17-23-10-6-3-7-11-23/h2-13,15-16,18,26H,14,17,19-20H2,1H3/t26-/m0/s1. The number of pyridine rings is 1. The summed E-state index contributed by atoms with van der Waals surface area (Å²) in [6.45, 7) is 3.19. The Balaban J connectivity index is 1.41. The predicted octanol–water partition coefficient (Wildman–Crippen LogP) is 4.34. The molecule has 1 aliphatic rings.